The topological polar surface area (TPSA) is 56.5 Å². The van der Waals surface area contributed by atoms with E-state index in [9.17, 15) is 5.11 Å². The van der Waals surface area contributed by atoms with Gasteiger partial charge in [0.25, 0.3) is 0 Å². The molecular weight excluding hydrogens is 336 g/mol. The molecule has 6 heteroatoms. The van der Waals surface area contributed by atoms with Crippen LogP contribution in [0.4, 0.5) is 0 Å². The van der Waals surface area contributed by atoms with Crippen molar-refractivity contribution in [3.05, 3.63) is 40.4 Å². The SMILES string of the molecule is CCOc1cc(CO)cc(Br)c1OCc1nccn1CC. The molecule has 21 heavy (non-hydrogen) atoms. The van der Waals surface area contributed by atoms with Crippen LogP contribution in [0.1, 0.15) is 25.2 Å². The Bertz CT molecular complexity index is 599. The molecule has 0 fully saturated rings. The van der Waals surface area contributed by atoms with Gasteiger partial charge in [0, 0.05) is 18.9 Å². The molecule has 2 rings (SSSR count). The highest BCUT2D eigenvalue weighted by Gasteiger charge is 2.13. The lowest BCUT2D eigenvalue weighted by molar-refractivity contribution is 0.254. The molecule has 2 aromatic rings. The number of aryl methyl sites for hydroxylation is 1. The summed E-state index contributed by atoms with van der Waals surface area (Å²) in [5, 5.41) is 9.26. The zero-order valence-corrected chi connectivity index (χ0v) is 13.8. The Morgan fingerprint density at radius 3 is 2.76 bits per heavy atom. The van der Waals surface area contributed by atoms with E-state index in [1.807, 2.05) is 23.8 Å². The summed E-state index contributed by atoms with van der Waals surface area (Å²) in [6.07, 6.45) is 3.68. The first-order chi connectivity index (χ1) is 10.2. The Morgan fingerprint density at radius 1 is 1.29 bits per heavy atom. The van der Waals surface area contributed by atoms with Crippen LogP contribution in [-0.4, -0.2) is 21.3 Å². The predicted molar refractivity (Wildman–Crippen MR) is 83.5 cm³/mol. The highest BCUT2D eigenvalue weighted by molar-refractivity contribution is 9.10. The minimum Gasteiger partial charge on any atom is -0.490 e. The van der Waals surface area contributed by atoms with Crippen LogP contribution in [0.5, 0.6) is 11.5 Å². The third-order valence-electron chi connectivity index (χ3n) is 3.04. The molecule has 5 nitrogen and oxygen atoms in total. The molecule has 0 radical (unpaired) electrons. The van der Waals surface area contributed by atoms with Crippen molar-refractivity contribution in [1.82, 2.24) is 9.55 Å². The average Bonchev–Trinajstić information content (AvgIpc) is 2.94. The van der Waals surface area contributed by atoms with Crippen LogP contribution in [-0.2, 0) is 19.8 Å². The zero-order valence-electron chi connectivity index (χ0n) is 12.2. The Balaban J connectivity index is 2.22. The fraction of sp³-hybridized carbons (Fsp3) is 0.400. The number of nitrogens with zero attached hydrogens (tertiary/aromatic N) is 2. The molecule has 1 N–H and O–H groups in total. The third-order valence-corrected chi connectivity index (χ3v) is 3.63. The van der Waals surface area contributed by atoms with Gasteiger partial charge in [-0.2, -0.15) is 0 Å². The standard InChI is InChI=1S/C15H19BrN2O3/c1-3-18-6-5-17-14(18)10-21-15-12(16)7-11(9-19)8-13(15)20-4-2/h5-8,19H,3-4,9-10H2,1-2H3. The van der Waals surface area contributed by atoms with Gasteiger partial charge in [0.1, 0.15) is 12.4 Å². The summed E-state index contributed by atoms with van der Waals surface area (Å²) in [5.74, 6) is 2.10. The fourth-order valence-electron chi connectivity index (χ4n) is 2.02. The summed E-state index contributed by atoms with van der Waals surface area (Å²) in [6, 6.07) is 3.61. The number of ether oxygens (including phenoxy) is 2. The van der Waals surface area contributed by atoms with Crippen LogP contribution in [0.2, 0.25) is 0 Å². The van der Waals surface area contributed by atoms with Gasteiger partial charge in [0.05, 0.1) is 17.7 Å². The monoisotopic (exact) mass is 354 g/mol. The lowest BCUT2D eigenvalue weighted by Gasteiger charge is -2.15. The summed E-state index contributed by atoms with van der Waals surface area (Å²) >= 11 is 3.47. The average molecular weight is 355 g/mol. The Kier molecular flexibility index (Phi) is 5.64. The maximum atomic E-state index is 9.26. The van der Waals surface area contributed by atoms with E-state index in [1.165, 1.54) is 0 Å². The minimum absolute atomic E-state index is 0.0425. The highest BCUT2D eigenvalue weighted by Crippen LogP contribution is 2.37. The van der Waals surface area contributed by atoms with Gasteiger partial charge in [0.2, 0.25) is 0 Å². The molecule has 0 aliphatic rings. The lowest BCUT2D eigenvalue weighted by atomic mass is 10.2. The molecule has 0 saturated heterocycles. The molecule has 0 saturated carbocycles. The lowest BCUT2D eigenvalue weighted by Crippen LogP contribution is -2.07. The van der Waals surface area contributed by atoms with Crippen LogP contribution >= 0.6 is 15.9 Å². The number of rotatable bonds is 7. The molecule has 0 aliphatic carbocycles. The number of aliphatic hydroxyl groups is 1. The van der Waals surface area contributed by atoms with Gasteiger partial charge in [-0.1, -0.05) is 0 Å². The molecule has 1 aromatic carbocycles. The number of hydrogen-bond donors (Lipinski definition) is 1. The third kappa shape index (κ3) is 3.77. The van der Waals surface area contributed by atoms with Gasteiger partial charge in [-0.25, -0.2) is 4.98 Å². The fourth-order valence-corrected chi connectivity index (χ4v) is 2.62. The minimum atomic E-state index is -0.0425. The smallest absolute Gasteiger partial charge is 0.176 e. The molecule has 0 atom stereocenters. The van der Waals surface area contributed by atoms with Crippen molar-refractivity contribution in [3.63, 3.8) is 0 Å². The van der Waals surface area contributed by atoms with Crippen molar-refractivity contribution in [1.29, 1.82) is 0 Å². The van der Waals surface area contributed by atoms with Crippen LogP contribution in [0.15, 0.2) is 29.0 Å². The highest BCUT2D eigenvalue weighted by atomic mass is 79.9. The second kappa shape index (κ2) is 7.47. The van der Waals surface area contributed by atoms with Crippen molar-refractivity contribution in [2.24, 2.45) is 0 Å². The second-order valence-electron chi connectivity index (χ2n) is 4.41. The van der Waals surface area contributed by atoms with Gasteiger partial charge >= 0.3 is 0 Å². The Labute approximate surface area is 132 Å². The summed E-state index contributed by atoms with van der Waals surface area (Å²) < 4.78 is 14.2. The maximum absolute atomic E-state index is 9.26. The second-order valence-corrected chi connectivity index (χ2v) is 5.27. The first-order valence-corrected chi connectivity index (χ1v) is 7.67. The number of aliphatic hydroxyl groups excluding tert-OH is 1. The first kappa shape index (κ1) is 15.9. The molecule has 0 bridgehead atoms. The van der Waals surface area contributed by atoms with Crippen LogP contribution in [0.25, 0.3) is 0 Å². The zero-order chi connectivity index (χ0) is 15.2. The van der Waals surface area contributed by atoms with Crippen molar-refractivity contribution < 1.29 is 14.6 Å². The van der Waals surface area contributed by atoms with Crippen molar-refractivity contribution in [2.75, 3.05) is 6.61 Å². The van der Waals surface area contributed by atoms with Gasteiger partial charge < -0.3 is 19.1 Å². The molecule has 1 aromatic heterocycles. The molecule has 1 heterocycles. The number of benzene rings is 1. The van der Waals surface area contributed by atoms with Gasteiger partial charge in [-0.15, -0.1) is 0 Å². The van der Waals surface area contributed by atoms with Crippen molar-refractivity contribution >= 4 is 15.9 Å². The normalized spacial score (nSPS) is 10.7. The molecule has 0 aliphatic heterocycles. The van der Waals surface area contributed by atoms with E-state index in [1.54, 1.807) is 12.3 Å². The van der Waals surface area contributed by atoms with Crippen LogP contribution < -0.4 is 9.47 Å². The molecule has 0 unspecified atom stereocenters. The van der Waals surface area contributed by atoms with Gasteiger partial charge in [-0.05, 0) is 47.5 Å². The maximum Gasteiger partial charge on any atom is 0.176 e. The van der Waals surface area contributed by atoms with E-state index in [-0.39, 0.29) is 6.61 Å². The summed E-state index contributed by atoms with van der Waals surface area (Å²) in [4.78, 5) is 4.28. The number of aromatic nitrogens is 2. The Morgan fingerprint density at radius 2 is 2.10 bits per heavy atom. The quantitative estimate of drug-likeness (QED) is 0.829. The van der Waals surface area contributed by atoms with Crippen molar-refractivity contribution in [3.8, 4) is 11.5 Å². The van der Waals surface area contributed by atoms with Crippen LogP contribution in [0, 0.1) is 0 Å². The van der Waals surface area contributed by atoms with Crippen LogP contribution in [0.3, 0.4) is 0 Å². The Hall–Kier alpha value is -1.53. The van der Waals surface area contributed by atoms with E-state index in [4.69, 9.17) is 9.47 Å². The van der Waals surface area contributed by atoms with E-state index in [0.717, 1.165) is 22.4 Å². The molecular formula is C15H19BrN2O3. The molecule has 0 spiro atoms. The van der Waals surface area contributed by atoms with Gasteiger partial charge in [0.15, 0.2) is 11.5 Å². The first-order valence-electron chi connectivity index (χ1n) is 6.88. The molecule has 114 valence electrons. The van der Waals surface area contributed by atoms with Gasteiger partial charge in [-0.3, -0.25) is 0 Å². The van der Waals surface area contributed by atoms with E-state index < -0.39 is 0 Å². The predicted octanol–water partition coefficient (Wildman–Crippen LogP) is 3.14. The number of hydrogen-bond acceptors (Lipinski definition) is 4. The summed E-state index contributed by atoms with van der Waals surface area (Å²) in [5.41, 5.74) is 0.771. The number of imidazole rings is 1. The summed E-state index contributed by atoms with van der Waals surface area (Å²) in [6.45, 7) is 5.66. The van der Waals surface area contributed by atoms with Crippen molar-refractivity contribution in [2.45, 2.75) is 33.6 Å². The van der Waals surface area contributed by atoms with E-state index >= 15 is 0 Å². The van der Waals surface area contributed by atoms with E-state index in [0.29, 0.717) is 24.7 Å². The summed E-state index contributed by atoms with van der Waals surface area (Å²) in [7, 11) is 0. The van der Waals surface area contributed by atoms with E-state index in [2.05, 4.69) is 27.8 Å². The number of halogens is 1. The largest absolute Gasteiger partial charge is 0.490 e. The molecule has 0 amide bonds.